The molecular weight excluding hydrogens is 292 g/mol. The molecule has 4 nitrogen and oxygen atoms in total. The van der Waals surface area contributed by atoms with Gasteiger partial charge < -0.3 is 19.7 Å². The van der Waals surface area contributed by atoms with Crippen LogP contribution >= 0.6 is 0 Å². The van der Waals surface area contributed by atoms with E-state index in [-0.39, 0.29) is 23.7 Å². The molecule has 6 atom stereocenters. The van der Waals surface area contributed by atoms with Gasteiger partial charge in [-0.1, -0.05) is 39.0 Å². The zero-order valence-corrected chi connectivity index (χ0v) is 15.2. The molecule has 23 heavy (non-hydrogen) atoms. The van der Waals surface area contributed by atoms with Crippen molar-refractivity contribution in [2.45, 2.75) is 102 Å². The molecule has 1 saturated carbocycles. The van der Waals surface area contributed by atoms with Crippen molar-refractivity contribution in [2.75, 3.05) is 7.11 Å². The molecule has 0 amide bonds. The average molecular weight is 328 g/mol. The van der Waals surface area contributed by atoms with Crippen LogP contribution in [0.4, 0.5) is 0 Å². The predicted octanol–water partition coefficient (Wildman–Crippen LogP) is 3.64. The largest absolute Gasteiger partial charge is 0.393 e. The molecule has 0 radical (unpaired) electrons. The van der Waals surface area contributed by atoms with E-state index in [0.29, 0.717) is 18.8 Å². The molecule has 1 heterocycles. The molecule has 0 bridgehead atoms. The van der Waals surface area contributed by atoms with Crippen LogP contribution in [0.3, 0.4) is 0 Å². The van der Waals surface area contributed by atoms with Gasteiger partial charge >= 0.3 is 0 Å². The van der Waals surface area contributed by atoms with E-state index in [1.54, 1.807) is 0 Å². The van der Waals surface area contributed by atoms with E-state index in [0.717, 1.165) is 19.3 Å². The van der Waals surface area contributed by atoms with Crippen LogP contribution in [0.5, 0.6) is 0 Å². The van der Waals surface area contributed by atoms with Gasteiger partial charge in [0, 0.05) is 20.0 Å². The van der Waals surface area contributed by atoms with Crippen LogP contribution in [0.15, 0.2) is 0 Å². The first kappa shape index (κ1) is 19.2. The number of aliphatic hydroxyl groups is 2. The summed E-state index contributed by atoms with van der Waals surface area (Å²) in [6, 6.07) is 0. The summed E-state index contributed by atoms with van der Waals surface area (Å²) in [5.41, 5.74) is -0.0951. The third kappa shape index (κ3) is 5.15. The number of hydrogen-bond donors (Lipinski definition) is 2. The summed E-state index contributed by atoms with van der Waals surface area (Å²) < 4.78 is 11.3. The van der Waals surface area contributed by atoms with E-state index in [9.17, 15) is 10.2 Å². The number of ether oxygens (including phenoxy) is 2. The Balaban J connectivity index is 1.77. The van der Waals surface area contributed by atoms with E-state index in [2.05, 4.69) is 13.8 Å². The van der Waals surface area contributed by atoms with Gasteiger partial charge in [0.1, 0.15) is 0 Å². The second kappa shape index (κ2) is 8.80. The molecule has 0 spiro atoms. The van der Waals surface area contributed by atoms with Gasteiger partial charge in [0.15, 0.2) is 6.29 Å². The quantitative estimate of drug-likeness (QED) is 0.601. The highest BCUT2D eigenvalue weighted by atomic mass is 16.6. The standard InChI is InChI=1S/C19H36O4/c1-4-5-6-7-8-10-19(2,22-3)11-9-14-15-12-18(21)23-17(15)13-16(14)20/h14-18,20-21H,4-13H2,1-3H3/t14-,15-,16-,17?,18?,19?/m1/s1. The van der Waals surface area contributed by atoms with Crippen molar-refractivity contribution in [3.8, 4) is 0 Å². The van der Waals surface area contributed by atoms with E-state index in [1.165, 1.54) is 32.1 Å². The van der Waals surface area contributed by atoms with Crippen molar-refractivity contribution in [1.29, 1.82) is 0 Å². The Morgan fingerprint density at radius 1 is 1.09 bits per heavy atom. The lowest BCUT2D eigenvalue weighted by Gasteiger charge is -2.31. The molecule has 4 heteroatoms. The Labute approximate surface area is 141 Å². The fourth-order valence-corrected chi connectivity index (χ4v) is 4.43. The summed E-state index contributed by atoms with van der Waals surface area (Å²) in [5, 5.41) is 20.0. The third-order valence-electron chi connectivity index (χ3n) is 6.11. The molecule has 3 unspecified atom stereocenters. The summed E-state index contributed by atoms with van der Waals surface area (Å²) in [4.78, 5) is 0. The van der Waals surface area contributed by atoms with E-state index in [1.807, 2.05) is 7.11 Å². The van der Waals surface area contributed by atoms with Crippen LogP contribution in [-0.2, 0) is 9.47 Å². The fraction of sp³-hybridized carbons (Fsp3) is 1.00. The van der Waals surface area contributed by atoms with Crippen molar-refractivity contribution in [2.24, 2.45) is 11.8 Å². The molecule has 0 aromatic heterocycles. The molecule has 1 saturated heterocycles. The maximum absolute atomic E-state index is 10.3. The molecule has 2 aliphatic rings. The predicted molar refractivity (Wildman–Crippen MR) is 91.1 cm³/mol. The van der Waals surface area contributed by atoms with Gasteiger partial charge in [-0.3, -0.25) is 0 Å². The number of unbranched alkanes of at least 4 members (excludes halogenated alkanes) is 4. The zero-order valence-electron chi connectivity index (χ0n) is 15.2. The van der Waals surface area contributed by atoms with Gasteiger partial charge in [0.25, 0.3) is 0 Å². The molecule has 2 fully saturated rings. The molecule has 2 N–H and O–H groups in total. The van der Waals surface area contributed by atoms with Crippen LogP contribution in [0.1, 0.15) is 78.1 Å². The molecule has 1 aliphatic carbocycles. The molecule has 1 aliphatic heterocycles. The zero-order chi connectivity index (χ0) is 16.9. The first-order valence-corrected chi connectivity index (χ1v) is 9.56. The van der Waals surface area contributed by atoms with Crippen molar-refractivity contribution >= 4 is 0 Å². The van der Waals surface area contributed by atoms with Crippen LogP contribution < -0.4 is 0 Å². The lowest BCUT2D eigenvalue weighted by atomic mass is 9.83. The smallest absolute Gasteiger partial charge is 0.155 e. The molecule has 0 aromatic rings. The minimum absolute atomic E-state index is 0.0489. The van der Waals surface area contributed by atoms with Crippen LogP contribution in [0, 0.1) is 11.8 Å². The SMILES string of the molecule is CCCCCCCC(C)(CC[C@H]1[C@H](O)CC2OC(O)C[C@@H]21)OC. The lowest BCUT2D eigenvalue weighted by molar-refractivity contribution is -0.0952. The Bertz CT molecular complexity index is 348. The molecule has 0 aromatic carbocycles. The third-order valence-corrected chi connectivity index (χ3v) is 6.11. The van der Waals surface area contributed by atoms with Crippen LogP contribution in [-0.4, -0.2) is 41.4 Å². The van der Waals surface area contributed by atoms with E-state index < -0.39 is 6.29 Å². The maximum Gasteiger partial charge on any atom is 0.155 e. The summed E-state index contributed by atoms with van der Waals surface area (Å²) in [7, 11) is 1.81. The van der Waals surface area contributed by atoms with Gasteiger partial charge in [-0.25, -0.2) is 0 Å². The minimum atomic E-state index is -0.632. The Kier molecular flexibility index (Phi) is 7.33. The maximum atomic E-state index is 10.3. The topological polar surface area (TPSA) is 58.9 Å². The number of aliphatic hydroxyl groups excluding tert-OH is 2. The van der Waals surface area contributed by atoms with Crippen molar-refractivity contribution in [3.05, 3.63) is 0 Å². The van der Waals surface area contributed by atoms with Crippen molar-refractivity contribution in [1.82, 2.24) is 0 Å². The highest BCUT2D eigenvalue weighted by Crippen LogP contribution is 2.45. The average Bonchev–Trinajstić information content (AvgIpc) is 3.00. The summed E-state index contributed by atoms with van der Waals surface area (Å²) in [5.74, 6) is 0.553. The molecule has 136 valence electrons. The number of fused-ring (bicyclic) bond motifs is 1. The second-order valence-electron chi connectivity index (χ2n) is 7.85. The van der Waals surface area contributed by atoms with Crippen molar-refractivity contribution < 1.29 is 19.7 Å². The second-order valence-corrected chi connectivity index (χ2v) is 7.85. The highest BCUT2D eigenvalue weighted by Gasteiger charge is 2.48. The van der Waals surface area contributed by atoms with E-state index >= 15 is 0 Å². The fourth-order valence-electron chi connectivity index (χ4n) is 4.43. The van der Waals surface area contributed by atoms with Gasteiger partial charge in [-0.15, -0.1) is 0 Å². The van der Waals surface area contributed by atoms with Gasteiger partial charge in [0.2, 0.25) is 0 Å². The van der Waals surface area contributed by atoms with Gasteiger partial charge in [0.05, 0.1) is 17.8 Å². The van der Waals surface area contributed by atoms with E-state index in [4.69, 9.17) is 9.47 Å². The van der Waals surface area contributed by atoms with Crippen LogP contribution in [0.2, 0.25) is 0 Å². The van der Waals surface area contributed by atoms with Gasteiger partial charge in [-0.05, 0) is 38.0 Å². The number of hydrogen-bond acceptors (Lipinski definition) is 4. The summed E-state index contributed by atoms with van der Waals surface area (Å²) in [6.45, 7) is 4.44. The monoisotopic (exact) mass is 328 g/mol. The van der Waals surface area contributed by atoms with Gasteiger partial charge in [-0.2, -0.15) is 0 Å². The summed E-state index contributed by atoms with van der Waals surface area (Å²) in [6.07, 6.45) is 9.90. The number of methoxy groups -OCH3 is 1. The first-order chi connectivity index (χ1) is 11.0. The minimum Gasteiger partial charge on any atom is -0.393 e. The number of rotatable bonds is 10. The molecule has 2 rings (SSSR count). The lowest BCUT2D eigenvalue weighted by Crippen LogP contribution is -2.30. The van der Waals surface area contributed by atoms with Crippen molar-refractivity contribution in [3.63, 3.8) is 0 Å². The Morgan fingerprint density at radius 3 is 2.52 bits per heavy atom. The van der Waals surface area contributed by atoms with Crippen LogP contribution in [0.25, 0.3) is 0 Å². The normalized spacial score (nSPS) is 36.1. The first-order valence-electron chi connectivity index (χ1n) is 9.56. The summed E-state index contributed by atoms with van der Waals surface area (Å²) >= 11 is 0. The highest BCUT2D eigenvalue weighted by molar-refractivity contribution is 4.96. The Morgan fingerprint density at radius 2 is 1.83 bits per heavy atom. The Hall–Kier alpha value is -0.160. The molecular formula is C19H36O4.